The molecule has 0 aliphatic carbocycles. The van der Waals surface area contributed by atoms with Crippen molar-refractivity contribution in [1.82, 2.24) is 10.2 Å². The van der Waals surface area contributed by atoms with Crippen LogP contribution in [0.5, 0.6) is 5.75 Å². The molecule has 0 radical (unpaired) electrons. The lowest BCUT2D eigenvalue weighted by atomic mass is 10.2. The van der Waals surface area contributed by atoms with Gasteiger partial charge in [-0.15, -0.1) is 0 Å². The zero-order valence-electron chi connectivity index (χ0n) is 10.3. The van der Waals surface area contributed by atoms with Crippen molar-refractivity contribution >= 4 is 29.2 Å². The summed E-state index contributed by atoms with van der Waals surface area (Å²) in [5.41, 5.74) is 2.04. The summed E-state index contributed by atoms with van der Waals surface area (Å²) in [7, 11) is 0. The number of hydrogen-bond acceptors (Lipinski definition) is 7. The number of hydrogen-bond donors (Lipinski definition) is 3. The third kappa shape index (κ3) is 3.34. The van der Waals surface area contributed by atoms with E-state index in [4.69, 9.17) is 11.6 Å². The molecule has 108 valence electrons. The Labute approximate surface area is 122 Å². The molecular formula is C11H8ClN5O4. The third-order valence-corrected chi connectivity index (χ3v) is 2.77. The Hall–Kier alpha value is -2.94. The molecule has 1 heterocycles. The van der Waals surface area contributed by atoms with E-state index in [-0.39, 0.29) is 10.7 Å². The van der Waals surface area contributed by atoms with Crippen LogP contribution in [0.4, 0.5) is 11.4 Å². The molecular weight excluding hydrogens is 302 g/mol. The monoisotopic (exact) mass is 309 g/mol. The Bertz CT molecular complexity index is 773. The molecule has 0 aliphatic rings. The van der Waals surface area contributed by atoms with Crippen LogP contribution in [0.2, 0.25) is 5.02 Å². The Kier molecular flexibility index (Phi) is 4.14. The molecule has 1 aromatic heterocycles. The number of halogens is 1. The number of hydrazone groups is 1. The van der Waals surface area contributed by atoms with Crippen LogP contribution in [0.25, 0.3) is 0 Å². The Balaban J connectivity index is 2.19. The van der Waals surface area contributed by atoms with Crippen molar-refractivity contribution < 1.29 is 10.0 Å². The lowest BCUT2D eigenvalue weighted by Crippen LogP contribution is -2.10. The summed E-state index contributed by atoms with van der Waals surface area (Å²) < 4.78 is 0. The van der Waals surface area contributed by atoms with Gasteiger partial charge in [0.2, 0.25) is 0 Å². The van der Waals surface area contributed by atoms with Gasteiger partial charge in [0.25, 0.3) is 5.56 Å². The topological polar surface area (TPSA) is 134 Å². The van der Waals surface area contributed by atoms with E-state index in [1.807, 2.05) is 0 Å². The first-order valence-corrected chi connectivity index (χ1v) is 5.86. The van der Waals surface area contributed by atoms with Crippen molar-refractivity contribution in [2.45, 2.75) is 0 Å². The summed E-state index contributed by atoms with van der Waals surface area (Å²) in [6.07, 6.45) is 2.53. The second-order valence-corrected chi connectivity index (χ2v) is 4.18. The van der Waals surface area contributed by atoms with Crippen LogP contribution in [0.3, 0.4) is 0 Å². The predicted octanol–water partition coefficient (Wildman–Crippen LogP) is 1.48. The molecule has 2 rings (SSSR count). The van der Waals surface area contributed by atoms with Crippen molar-refractivity contribution in [2.24, 2.45) is 5.10 Å². The number of H-pyrrole nitrogens is 1. The Morgan fingerprint density at radius 3 is 3.00 bits per heavy atom. The molecule has 0 aliphatic heterocycles. The van der Waals surface area contributed by atoms with Crippen LogP contribution < -0.4 is 11.0 Å². The molecule has 9 nitrogen and oxygen atoms in total. The number of aromatic hydroxyl groups is 1. The highest BCUT2D eigenvalue weighted by Gasteiger charge is 2.12. The lowest BCUT2D eigenvalue weighted by molar-refractivity contribution is -0.385. The minimum Gasteiger partial charge on any atom is -0.502 e. The molecule has 0 spiro atoms. The number of anilines is 1. The largest absolute Gasteiger partial charge is 0.502 e. The maximum atomic E-state index is 11.2. The maximum absolute atomic E-state index is 11.2. The van der Waals surface area contributed by atoms with Gasteiger partial charge >= 0.3 is 5.69 Å². The summed E-state index contributed by atoms with van der Waals surface area (Å²) in [5, 5.41) is 29.3. The zero-order valence-corrected chi connectivity index (χ0v) is 11.0. The zero-order chi connectivity index (χ0) is 15.4. The highest BCUT2D eigenvalue weighted by molar-refractivity contribution is 6.32. The number of rotatable bonds is 4. The predicted molar refractivity (Wildman–Crippen MR) is 75.8 cm³/mol. The van der Waals surface area contributed by atoms with Gasteiger partial charge in [-0.25, -0.2) is 5.10 Å². The first kappa shape index (κ1) is 14.5. The van der Waals surface area contributed by atoms with Gasteiger partial charge in [0, 0.05) is 11.6 Å². The van der Waals surface area contributed by atoms with E-state index in [0.717, 1.165) is 6.07 Å². The number of nitro groups is 1. The van der Waals surface area contributed by atoms with Gasteiger partial charge in [-0.2, -0.15) is 10.2 Å². The van der Waals surface area contributed by atoms with E-state index in [9.17, 15) is 20.0 Å². The summed E-state index contributed by atoms with van der Waals surface area (Å²) in [6, 6.07) is 3.77. The van der Waals surface area contributed by atoms with E-state index in [1.165, 1.54) is 24.5 Å². The molecule has 0 saturated heterocycles. The first-order chi connectivity index (χ1) is 9.99. The number of aromatic amines is 1. The normalized spacial score (nSPS) is 10.7. The van der Waals surface area contributed by atoms with Crippen LogP contribution in [0, 0.1) is 10.1 Å². The SMILES string of the molecule is O=c1[nH]ncc(N/N=C\c2ccc(O)c([N+](=O)[O-])c2)c1Cl. The van der Waals surface area contributed by atoms with E-state index >= 15 is 0 Å². The Morgan fingerprint density at radius 1 is 1.52 bits per heavy atom. The van der Waals surface area contributed by atoms with Gasteiger partial charge < -0.3 is 5.11 Å². The second-order valence-electron chi connectivity index (χ2n) is 3.80. The average Bonchev–Trinajstić information content (AvgIpc) is 2.45. The second kappa shape index (κ2) is 6.01. The van der Waals surface area contributed by atoms with Crippen molar-refractivity contribution in [3.8, 4) is 5.75 Å². The van der Waals surface area contributed by atoms with Crippen molar-refractivity contribution in [3.63, 3.8) is 0 Å². The quantitative estimate of drug-likeness (QED) is 0.445. The molecule has 0 atom stereocenters. The number of phenols is 1. The fourth-order valence-corrected chi connectivity index (χ4v) is 1.54. The molecule has 21 heavy (non-hydrogen) atoms. The summed E-state index contributed by atoms with van der Waals surface area (Å²) in [5.74, 6) is -0.438. The highest BCUT2D eigenvalue weighted by Crippen LogP contribution is 2.25. The molecule has 0 saturated carbocycles. The van der Waals surface area contributed by atoms with E-state index in [2.05, 4.69) is 20.7 Å². The smallest absolute Gasteiger partial charge is 0.311 e. The molecule has 0 amide bonds. The number of nitro benzene ring substituents is 1. The standard InChI is InChI=1S/C11H8ClN5O4/c12-10-7(5-14-16-11(10)19)15-13-4-6-1-2-9(18)8(3-6)17(20)21/h1-5,18H,(H2,15,16,19)/b13-4-. The number of aromatic nitrogens is 2. The molecule has 2 aromatic rings. The third-order valence-electron chi connectivity index (χ3n) is 2.39. The minimum atomic E-state index is -0.711. The van der Waals surface area contributed by atoms with Gasteiger partial charge in [-0.1, -0.05) is 11.6 Å². The van der Waals surface area contributed by atoms with Gasteiger partial charge in [0.05, 0.1) is 17.3 Å². The van der Waals surface area contributed by atoms with Gasteiger partial charge in [-0.05, 0) is 12.1 Å². The molecule has 0 unspecified atom stereocenters. The summed E-state index contributed by atoms with van der Waals surface area (Å²) in [4.78, 5) is 21.1. The molecule has 1 aromatic carbocycles. The fourth-order valence-electron chi connectivity index (χ4n) is 1.40. The van der Waals surface area contributed by atoms with Gasteiger partial charge in [-0.3, -0.25) is 20.3 Å². The molecule has 3 N–H and O–H groups in total. The molecule has 0 fully saturated rings. The number of nitrogens with zero attached hydrogens (tertiary/aromatic N) is 3. The van der Waals surface area contributed by atoms with Crippen LogP contribution in [-0.4, -0.2) is 26.4 Å². The van der Waals surface area contributed by atoms with E-state index in [0.29, 0.717) is 5.56 Å². The van der Waals surface area contributed by atoms with E-state index < -0.39 is 21.9 Å². The van der Waals surface area contributed by atoms with Crippen LogP contribution in [0.15, 0.2) is 34.3 Å². The minimum absolute atomic E-state index is 0.112. The number of nitrogens with one attached hydrogen (secondary N) is 2. The summed E-state index contributed by atoms with van der Waals surface area (Å²) >= 11 is 5.72. The number of phenolic OH excluding ortho intramolecular Hbond substituents is 1. The maximum Gasteiger partial charge on any atom is 0.311 e. The fraction of sp³-hybridized carbons (Fsp3) is 0. The van der Waals surface area contributed by atoms with Crippen LogP contribution >= 0.6 is 11.6 Å². The Morgan fingerprint density at radius 2 is 2.29 bits per heavy atom. The van der Waals surface area contributed by atoms with E-state index in [1.54, 1.807) is 0 Å². The van der Waals surface area contributed by atoms with Crippen molar-refractivity contribution in [2.75, 3.05) is 5.43 Å². The van der Waals surface area contributed by atoms with Gasteiger partial charge in [0.1, 0.15) is 10.7 Å². The molecule has 0 bridgehead atoms. The molecule has 10 heteroatoms. The summed E-state index contributed by atoms with van der Waals surface area (Å²) in [6.45, 7) is 0. The van der Waals surface area contributed by atoms with Gasteiger partial charge in [0.15, 0.2) is 5.75 Å². The van der Waals surface area contributed by atoms with Crippen molar-refractivity contribution in [1.29, 1.82) is 0 Å². The van der Waals surface area contributed by atoms with Crippen molar-refractivity contribution in [3.05, 3.63) is 55.5 Å². The van der Waals surface area contributed by atoms with Crippen LogP contribution in [-0.2, 0) is 0 Å². The number of benzene rings is 1. The van der Waals surface area contributed by atoms with Crippen LogP contribution in [0.1, 0.15) is 5.56 Å². The highest BCUT2D eigenvalue weighted by atomic mass is 35.5. The first-order valence-electron chi connectivity index (χ1n) is 5.48. The lowest BCUT2D eigenvalue weighted by Gasteiger charge is -2.01. The average molecular weight is 310 g/mol.